The Labute approximate surface area is 166 Å². The van der Waals surface area contributed by atoms with Gasteiger partial charge in [-0.1, -0.05) is 11.6 Å². The highest BCUT2D eigenvalue weighted by Gasteiger charge is 2.10. The summed E-state index contributed by atoms with van der Waals surface area (Å²) >= 11 is 7.41. The summed E-state index contributed by atoms with van der Waals surface area (Å²) in [6.07, 6.45) is 0. The molecule has 0 saturated carbocycles. The third kappa shape index (κ3) is 7.72. The first-order valence-corrected chi connectivity index (χ1v) is 9.50. The Hall–Kier alpha value is -2.51. The Morgan fingerprint density at radius 1 is 1.04 bits per heavy atom. The highest BCUT2D eigenvalue weighted by molar-refractivity contribution is 7.99. The molecule has 0 unspecified atom stereocenters. The van der Waals surface area contributed by atoms with E-state index in [0.29, 0.717) is 28.6 Å². The van der Waals surface area contributed by atoms with E-state index < -0.39 is 5.97 Å². The Kier molecular flexibility index (Phi) is 8.16. The SMILES string of the molecule is CC(=O)Nc1ccc(C(=O)OCC(=O)NCCSc2ccc(Cl)cc2)cc1. The van der Waals surface area contributed by atoms with Gasteiger partial charge in [-0.05, 0) is 48.5 Å². The van der Waals surface area contributed by atoms with Gasteiger partial charge in [0.15, 0.2) is 6.61 Å². The van der Waals surface area contributed by atoms with Gasteiger partial charge in [-0.2, -0.15) is 0 Å². The first kappa shape index (κ1) is 20.8. The van der Waals surface area contributed by atoms with Crippen LogP contribution in [-0.4, -0.2) is 36.7 Å². The normalized spacial score (nSPS) is 10.1. The maximum absolute atomic E-state index is 11.9. The van der Waals surface area contributed by atoms with Crippen LogP contribution in [-0.2, 0) is 14.3 Å². The molecule has 0 heterocycles. The molecule has 8 heteroatoms. The number of carbonyl (C=O) groups excluding carboxylic acids is 3. The van der Waals surface area contributed by atoms with Crippen LogP contribution in [0.25, 0.3) is 0 Å². The summed E-state index contributed by atoms with van der Waals surface area (Å²) in [5, 5.41) is 5.97. The summed E-state index contributed by atoms with van der Waals surface area (Å²) in [6.45, 7) is 1.50. The van der Waals surface area contributed by atoms with E-state index in [1.165, 1.54) is 19.1 Å². The molecule has 2 rings (SSSR count). The predicted molar refractivity (Wildman–Crippen MR) is 106 cm³/mol. The van der Waals surface area contributed by atoms with Crippen molar-refractivity contribution in [1.29, 1.82) is 0 Å². The van der Waals surface area contributed by atoms with Crippen molar-refractivity contribution in [2.24, 2.45) is 0 Å². The zero-order valence-electron chi connectivity index (χ0n) is 14.7. The van der Waals surface area contributed by atoms with Gasteiger partial charge in [0.05, 0.1) is 5.56 Å². The Bertz CT molecular complexity index is 794. The molecule has 2 N–H and O–H groups in total. The second kappa shape index (κ2) is 10.6. The van der Waals surface area contributed by atoms with Crippen LogP contribution >= 0.6 is 23.4 Å². The van der Waals surface area contributed by atoms with Gasteiger partial charge in [-0.3, -0.25) is 9.59 Å². The van der Waals surface area contributed by atoms with Crippen LogP contribution in [0.2, 0.25) is 5.02 Å². The number of carbonyl (C=O) groups is 3. The number of hydrogen-bond donors (Lipinski definition) is 2. The number of amides is 2. The van der Waals surface area contributed by atoms with Crippen LogP contribution in [0.15, 0.2) is 53.4 Å². The summed E-state index contributed by atoms with van der Waals surface area (Å²) < 4.78 is 4.98. The number of hydrogen-bond acceptors (Lipinski definition) is 5. The highest BCUT2D eigenvalue weighted by Crippen LogP contribution is 2.19. The molecule has 0 spiro atoms. The molecule has 0 aliphatic carbocycles. The number of anilines is 1. The molecule has 0 fully saturated rings. The average Bonchev–Trinajstić information content (AvgIpc) is 2.65. The number of ether oxygens (including phenoxy) is 1. The van der Waals surface area contributed by atoms with Crippen molar-refractivity contribution >= 4 is 46.8 Å². The van der Waals surface area contributed by atoms with Crippen LogP contribution in [0.5, 0.6) is 0 Å². The molecule has 0 atom stereocenters. The molecule has 2 aromatic carbocycles. The Balaban J connectivity index is 1.66. The molecule has 0 radical (unpaired) electrons. The van der Waals surface area contributed by atoms with E-state index in [4.69, 9.17) is 16.3 Å². The van der Waals surface area contributed by atoms with Gasteiger partial charge in [0.2, 0.25) is 5.91 Å². The van der Waals surface area contributed by atoms with Gasteiger partial charge < -0.3 is 15.4 Å². The van der Waals surface area contributed by atoms with Gasteiger partial charge in [-0.25, -0.2) is 4.79 Å². The monoisotopic (exact) mass is 406 g/mol. The summed E-state index contributed by atoms with van der Waals surface area (Å²) in [7, 11) is 0. The molecule has 142 valence electrons. The standard InChI is InChI=1S/C19H19ClN2O4S/c1-13(23)22-16-6-2-14(3-7-16)19(25)26-12-18(24)21-10-11-27-17-8-4-15(20)5-9-17/h2-9H,10-12H2,1H3,(H,21,24)(H,22,23). The third-order valence-corrected chi connectivity index (χ3v) is 4.55. The van der Waals surface area contributed by atoms with E-state index in [0.717, 1.165) is 4.90 Å². The predicted octanol–water partition coefficient (Wildman–Crippen LogP) is 3.36. The second-order valence-corrected chi connectivity index (χ2v) is 7.09. The largest absolute Gasteiger partial charge is 0.452 e. The van der Waals surface area contributed by atoms with E-state index in [2.05, 4.69) is 10.6 Å². The van der Waals surface area contributed by atoms with Crippen molar-refractivity contribution in [2.45, 2.75) is 11.8 Å². The van der Waals surface area contributed by atoms with Gasteiger partial charge in [0.1, 0.15) is 0 Å². The van der Waals surface area contributed by atoms with Crippen LogP contribution in [0.1, 0.15) is 17.3 Å². The van der Waals surface area contributed by atoms with Crippen LogP contribution in [0.3, 0.4) is 0 Å². The molecule has 0 saturated heterocycles. The Morgan fingerprint density at radius 2 is 1.70 bits per heavy atom. The molecule has 0 aliphatic heterocycles. The topological polar surface area (TPSA) is 84.5 Å². The second-order valence-electron chi connectivity index (χ2n) is 5.49. The summed E-state index contributed by atoms with van der Waals surface area (Å²) in [6, 6.07) is 13.7. The van der Waals surface area contributed by atoms with Gasteiger partial charge in [-0.15, -0.1) is 11.8 Å². The fourth-order valence-corrected chi connectivity index (χ4v) is 2.94. The molecule has 0 bridgehead atoms. The number of halogens is 1. The van der Waals surface area contributed by atoms with Gasteiger partial charge in [0.25, 0.3) is 5.91 Å². The van der Waals surface area contributed by atoms with Gasteiger partial charge >= 0.3 is 5.97 Å². The molecule has 6 nitrogen and oxygen atoms in total. The van der Waals surface area contributed by atoms with E-state index in [-0.39, 0.29) is 18.4 Å². The molecule has 0 aliphatic rings. The van der Waals surface area contributed by atoms with Crippen LogP contribution < -0.4 is 10.6 Å². The van der Waals surface area contributed by atoms with Crippen LogP contribution in [0, 0.1) is 0 Å². The third-order valence-electron chi connectivity index (χ3n) is 3.28. The minimum absolute atomic E-state index is 0.198. The number of thioether (sulfide) groups is 1. The van der Waals surface area contributed by atoms with E-state index in [1.807, 2.05) is 24.3 Å². The summed E-state index contributed by atoms with van der Waals surface area (Å²) in [5.74, 6) is -0.479. The lowest BCUT2D eigenvalue weighted by atomic mass is 10.2. The summed E-state index contributed by atoms with van der Waals surface area (Å²) in [4.78, 5) is 35.7. The first-order valence-electron chi connectivity index (χ1n) is 8.14. The fraction of sp³-hybridized carbons (Fsp3) is 0.211. The maximum Gasteiger partial charge on any atom is 0.338 e. The average molecular weight is 407 g/mol. The molecular formula is C19H19ClN2O4S. The molecule has 2 aromatic rings. The van der Waals surface area contributed by atoms with Gasteiger partial charge in [0, 0.05) is 34.8 Å². The first-order chi connectivity index (χ1) is 12.9. The number of benzene rings is 2. The molecule has 0 aromatic heterocycles. The lowest BCUT2D eigenvalue weighted by molar-refractivity contribution is -0.124. The van der Waals surface area contributed by atoms with Crippen molar-refractivity contribution < 1.29 is 19.1 Å². The molecule has 27 heavy (non-hydrogen) atoms. The van der Waals surface area contributed by atoms with E-state index >= 15 is 0 Å². The Morgan fingerprint density at radius 3 is 2.33 bits per heavy atom. The minimum Gasteiger partial charge on any atom is -0.452 e. The zero-order chi connectivity index (χ0) is 19.6. The number of rotatable bonds is 8. The number of nitrogens with one attached hydrogen (secondary N) is 2. The van der Waals surface area contributed by atoms with Crippen molar-refractivity contribution in [1.82, 2.24) is 5.32 Å². The lowest BCUT2D eigenvalue weighted by Gasteiger charge is -2.07. The maximum atomic E-state index is 11.9. The smallest absolute Gasteiger partial charge is 0.338 e. The zero-order valence-corrected chi connectivity index (χ0v) is 16.2. The lowest BCUT2D eigenvalue weighted by Crippen LogP contribution is -2.30. The highest BCUT2D eigenvalue weighted by atomic mass is 35.5. The van der Waals surface area contributed by atoms with E-state index in [1.54, 1.807) is 23.9 Å². The summed E-state index contributed by atoms with van der Waals surface area (Å²) in [5.41, 5.74) is 0.880. The quantitative estimate of drug-likeness (QED) is 0.399. The fourth-order valence-electron chi connectivity index (χ4n) is 2.05. The number of esters is 1. The van der Waals surface area contributed by atoms with Crippen molar-refractivity contribution in [3.8, 4) is 0 Å². The molecule has 2 amide bonds. The molecular weight excluding hydrogens is 388 g/mol. The minimum atomic E-state index is -0.602. The van der Waals surface area contributed by atoms with Crippen molar-refractivity contribution in [3.63, 3.8) is 0 Å². The van der Waals surface area contributed by atoms with Crippen LogP contribution in [0.4, 0.5) is 5.69 Å². The van der Waals surface area contributed by atoms with Crippen molar-refractivity contribution in [2.75, 3.05) is 24.2 Å². The van der Waals surface area contributed by atoms with Crippen molar-refractivity contribution in [3.05, 3.63) is 59.1 Å². The van der Waals surface area contributed by atoms with E-state index in [9.17, 15) is 14.4 Å².